The fourth-order valence-corrected chi connectivity index (χ4v) is 1.84. The smallest absolute Gasteiger partial charge is 0.272 e. The van der Waals surface area contributed by atoms with Gasteiger partial charge in [0.2, 0.25) is 0 Å². The quantitative estimate of drug-likeness (QED) is 0.550. The first-order valence-corrected chi connectivity index (χ1v) is 5.69. The molecule has 8 heteroatoms. The van der Waals surface area contributed by atoms with Crippen LogP contribution in [0.25, 0.3) is 0 Å². The highest BCUT2D eigenvalue weighted by Gasteiger charge is 2.15. The molecular formula is C10H10BrN3O4. The molecule has 0 aliphatic heterocycles. The molecule has 1 rings (SSSR count). The minimum absolute atomic E-state index is 0.0294. The molecule has 1 aromatic carbocycles. The van der Waals surface area contributed by atoms with Gasteiger partial charge < -0.3 is 15.5 Å². The predicted molar refractivity (Wildman–Crippen MR) is 67.1 cm³/mol. The Hall–Kier alpha value is -1.69. The van der Waals surface area contributed by atoms with E-state index in [1.807, 2.05) is 6.07 Å². The number of non-ortho nitro benzene ring substituents is 1. The second-order valence-corrected chi connectivity index (χ2v) is 4.29. The number of hydrogen-bond acceptors (Lipinski definition) is 6. The molecule has 7 nitrogen and oxygen atoms in total. The maximum Gasteiger partial charge on any atom is 0.272 e. The van der Waals surface area contributed by atoms with Crippen molar-refractivity contribution in [3.05, 3.63) is 32.3 Å². The van der Waals surface area contributed by atoms with Gasteiger partial charge in [0.15, 0.2) is 0 Å². The number of hydrogen-bond donors (Lipinski definition) is 3. The fourth-order valence-electron chi connectivity index (χ4n) is 1.25. The van der Waals surface area contributed by atoms with Gasteiger partial charge in [0, 0.05) is 23.2 Å². The predicted octanol–water partition coefficient (Wildman–Crippen LogP) is 0.994. The van der Waals surface area contributed by atoms with Crippen LogP contribution in [0.5, 0.6) is 0 Å². The molecule has 96 valence electrons. The average molecular weight is 316 g/mol. The van der Waals surface area contributed by atoms with Crippen molar-refractivity contribution in [2.24, 2.45) is 0 Å². The van der Waals surface area contributed by atoms with E-state index in [4.69, 9.17) is 10.4 Å². The summed E-state index contributed by atoms with van der Waals surface area (Å²) in [5.74, 6) is 0. The highest BCUT2D eigenvalue weighted by atomic mass is 79.9. The Morgan fingerprint density at radius 3 is 2.78 bits per heavy atom. The van der Waals surface area contributed by atoms with Crippen LogP contribution in [0.1, 0.15) is 5.56 Å². The zero-order chi connectivity index (χ0) is 13.7. The molecule has 0 aliphatic rings. The lowest BCUT2D eigenvalue weighted by Gasteiger charge is -2.12. The molecule has 1 atom stereocenters. The number of anilines is 1. The Morgan fingerprint density at radius 1 is 1.61 bits per heavy atom. The van der Waals surface area contributed by atoms with E-state index in [1.165, 1.54) is 6.07 Å². The van der Waals surface area contributed by atoms with Gasteiger partial charge in [-0.3, -0.25) is 10.1 Å². The zero-order valence-corrected chi connectivity index (χ0v) is 10.7. The Morgan fingerprint density at radius 2 is 2.28 bits per heavy atom. The van der Waals surface area contributed by atoms with Gasteiger partial charge in [-0.1, -0.05) is 0 Å². The summed E-state index contributed by atoms with van der Waals surface area (Å²) >= 11 is 3.12. The van der Waals surface area contributed by atoms with E-state index >= 15 is 0 Å². The molecule has 0 amide bonds. The second-order valence-electron chi connectivity index (χ2n) is 3.44. The third-order valence-electron chi connectivity index (χ3n) is 2.13. The third-order valence-corrected chi connectivity index (χ3v) is 2.76. The van der Waals surface area contributed by atoms with Crippen LogP contribution in [0.2, 0.25) is 0 Å². The molecule has 0 aromatic heterocycles. The summed E-state index contributed by atoms with van der Waals surface area (Å²) in [5, 5.41) is 40.2. The van der Waals surface area contributed by atoms with Crippen LogP contribution in [0.15, 0.2) is 16.6 Å². The normalized spacial score (nSPS) is 11.7. The molecule has 0 aliphatic carbocycles. The van der Waals surface area contributed by atoms with Gasteiger partial charge in [-0.25, -0.2) is 0 Å². The maximum atomic E-state index is 10.6. The van der Waals surface area contributed by atoms with Gasteiger partial charge in [0.25, 0.3) is 5.69 Å². The summed E-state index contributed by atoms with van der Waals surface area (Å²) in [6, 6.07) is 4.23. The SMILES string of the molecule is N#Cc1cc([N+](=O)[O-])cc(Br)c1NCC(O)CO. The summed E-state index contributed by atoms with van der Waals surface area (Å²) in [6.07, 6.45) is -0.973. The van der Waals surface area contributed by atoms with E-state index in [0.717, 1.165) is 6.07 Å². The highest BCUT2D eigenvalue weighted by molar-refractivity contribution is 9.10. The van der Waals surface area contributed by atoms with Gasteiger partial charge in [0.05, 0.1) is 28.9 Å². The molecule has 0 radical (unpaired) electrons. The van der Waals surface area contributed by atoms with E-state index < -0.39 is 17.6 Å². The molecule has 0 spiro atoms. The van der Waals surface area contributed by atoms with Gasteiger partial charge >= 0.3 is 0 Å². The lowest BCUT2D eigenvalue weighted by atomic mass is 10.1. The number of aliphatic hydroxyl groups is 2. The largest absolute Gasteiger partial charge is 0.394 e. The molecule has 1 aromatic rings. The number of nitriles is 1. The van der Waals surface area contributed by atoms with E-state index in [2.05, 4.69) is 21.2 Å². The average Bonchev–Trinajstić information content (AvgIpc) is 2.35. The molecule has 0 heterocycles. The molecule has 0 saturated carbocycles. The standard InChI is InChI=1S/C10H10BrN3O4/c11-9-2-7(14(17)18)1-6(3-12)10(9)13-4-8(16)5-15/h1-2,8,13,15-16H,4-5H2. The van der Waals surface area contributed by atoms with Gasteiger partial charge in [-0.2, -0.15) is 5.26 Å². The Balaban J connectivity index is 3.05. The van der Waals surface area contributed by atoms with E-state index in [0.29, 0.717) is 10.2 Å². The molecule has 0 bridgehead atoms. The van der Waals surface area contributed by atoms with Crippen LogP contribution in [0.3, 0.4) is 0 Å². The number of nitrogens with zero attached hydrogens (tertiary/aromatic N) is 2. The van der Waals surface area contributed by atoms with E-state index in [-0.39, 0.29) is 17.8 Å². The van der Waals surface area contributed by atoms with Crippen molar-refractivity contribution in [2.45, 2.75) is 6.10 Å². The van der Waals surface area contributed by atoms with Crippen LogP contribution >= 0.6 is 15.9 Å². The Bertz CT molecular complexity index is 501. The molecule has 1 unspecified atom stereocenters. The number of halogens is 1. The zero-order valence-electron chi connectivity index (χ0n) is 9.13. The Labute approximate surface area is 111 Å². The van der Waals surface area contributed by atoms with Crippen molar-refractivity contribution in [3.8, 4) is 6.07 Å². The fraction of sp³-hybridized carbons (Fsp3) is 0.300. The molecule has 0 fully saturated rings. The van der Waals surface area contributed by atoms with Crippen molar-refractivity contribution in [1.82, 2.24) is 0 Å². The second kappa shape index (κ2) is 6.30. The molecular weight excluding hydrogens is 306 g/mol. The van der Waals surface area contributed by atoms with Crippen molar-refractivity contribution in [3.63, 3.8) is 0 Å². The first kappa shape index (κ1) is 14.4. The van der Waals surface area contributed by atoms with E-state index in [1.54, 1.807) is 0 Å². The number of rotatable bonds is 5. The van der Waals surface area contributed by atoms with Crippen LogP contribution < -0.4 is 5.32 Å². The minimum Gasteiger partial charge on any atom is -0.394 e. The topological polar surface area (TPSA) is 119 Å². The van der Waals surface area contributed by atoms with Gasteiger partial charge in [-0.15, -0.1) is 0 Å². The number of benzene rings is 1. The number of aliphatic hydroxyl groups excluding tert-OH is 2. The van der Waals surface area contributed by atoms with Gasteiger partial charge in [-0.05, 0) is 15.9 Å². The lowest BCUT2D eigenvalue weighted by Crippen LogP contribution is -2.23. The van der Waals surface area contributed by atoms with Crippen molar-refractivity contribution < 1.29 is 15.1 Å². The number of nitrogens with one attached hydrogen (secondary N) is 1. The summed E-state index contributed by atoms with van der Waals surface area (Å²) < 4.78 is 0.346. The lowest BCUT2D eigenvalue weighted by molar-refractivity contribution is -0.384. The number of nitro benzene ring substituents is 1. The van der Waals surface area contributed by atoms with Crippen molar-refractivity contribution >= 4 is 27.3 Å². The summed E-state index contributed by atoms with van der Waals surface area (Å²) in [4.78, 5) is 10.0. The van der Waals surface area contributed by atoms with Crippen LogP contribution in [0.4, 0.5) is 11.4 Å². The van der Waals surface area contributed by atoms with Crippen LogP contribution in [-0.2, 0) is 0 Å². The van der Waals surface area contributed by atoms with Crippen LogP contribution in [0, 0.1) is 21.4 Å². The van der Waals surface area contributed by atoms with Crippen molar-refractivity contribution in [2.75, 3.05) is 18.5 Å². The molecule has 18 heavy (non-hydrogen) atoms. The van der Waals surface area contributed by atoms with Crippen LogP contribution in [-0.4, -0.2) is 34.4 Å². The van der Waals surface area contributed by atoms with Crippen molar-refractivity contribution in [1.29, 1.82) is 5.26 Å². The maximum absolute atomic E-state index is 10.6. The highest BCUT2D eigenvalue weighted by Crippen LogP contribution is 2.31. The summed E-state index contributed by atoms with van der Waals surface area (Å²) in [7, 11) is 0. The van der Waals surface area contributed by atoms with Gasteiger partial charge in [0.1, 0.15) is 6.07 Å². The molecule has 0 saturated heterocycles. The number of nitro groups is 1. The summed E-state index contributed by atoms with van der Waals surface area (Å²) in [6.45, 7) is -0.388. The third kappa shape index (κ3) is 3.40. The Kier molecular flexibility index (Phi) is 5.03. The summed E-state index contributed by atoms with van der Waals surface area (Å²) in [5.41, 5.74) is 0.225. The first-order chi connectivity index (χ1) is 8.49. The first-order valence-electron chi connectivity index (χ1n) is 4.90. The molecule has 3 N–H and O–H groups in total. The minimum atomic E-state index is -0.973. The monoisotopic (exact) mass is 315 g/mol. The van der Waals surface area contributed by atoms with E-state index in [9.17, 15) is 15.2 Å².